The van der Waals surface area contributed by atoms with Crippen molar-refractivity contribution in [3.63, 3.8) is 0 Å². The van der Waals surface area contributed by atoms with E-state index in [2.05, 4.69) is 100 Å². The van der Waals surface area contributed by atoms with E-state index < -0.39 is 0 Å². The fraction of sp³-hybridized carbons (Fsp3) is 0.382. The molecule has 1 aromatic heterocycles. The normalized spacial score (nSPS) is 18.3. The average Bonchev–Trinajstić information content (AvgIpc) is 2.89. The summed E-state index contributed by atoms with van der Waals surface area (Å²) in [5.41, 5.74) is 8.18. The summed E-state index contributed by atoms with van der Waals surface area (Å²) in [6.45, 7) is 9.75. The van der Waals surface area contributed by atoms with Crippen LogP contribution in [0.4, 0.5) is 0 Å². The topological polar surface area (TPSA) is 12.9 Å². The maximum atomic E-state index is 4.86. The molecule has 0 saturated carbocycles. The van der Waals surface area contributed by atoms with E-state index in [1.165, 1.54) is 83.5 Å². The largest absolute Gasteiger partial charge is 0.256 e. The second-order valence-corrected chi connectivity index (χ2v) is 11.2. The highest BCUT2D eigenvalue weighted by molar-refractivity contribution is 5.95. The van der Waals surface area contributed by atoms with Crippen LogP contribution in [0.15, 0.2) is 79.0 Å². The number of nitrogens with zero attached hydrogens (tertiary/aromatic N) is 1. The van der Waals surface area contributed by atoms with E-state index in [1.807, 2.05) is 6.20 Å². The Labute approximate surface area is 211 Å². The third-order valence-corrected chi connectivity index (χ3v) is 8.86. The van der Waals surface area contributed by atoms with Crippen LogP contribution < -0.4 is 0 Å². The summed E-state index contributed by atoms with van der Waals surface area (Å²) in [6, 6.07) is 26.9. The van der Waals surface area contributed by atoms with Gasteiger partial charge in [0.2, 0.25) is 0 Å². The Morgan fingerprint density at radius 3 is 2.26 bits per heavy atom. The van der Waals surface area contributed by atoms with Crippen LogP contribution in [0.3, 0.4) is 0 Å². The summed E-state index contributed by atoms with van der Waals surface area (Å²) in [6.07, 6.45) is 11.2. The van der Waals surface area contributed by atoms with Crippen molar-refractivity contribution in [2.75, 3.05) is 0 Å². The van der Waals surface area contributed by atoms with Gasteiger partial charge in [0.25, 0.3) is 0 Å². The van der Waals surface area contributed by atoms with Crippen molar-refractivity contribution in [2.45, 2.75) is 83.5 Å². The summed E-state index contributed by atoms with van der Waals surface area (Å²) >= 11 is 0. The molecule has 180 valence electrons. The van der Waals surface area contributed by atoms with Gasteiger partial charge < -0.3 is 0 Å². The van der Waals surface area contributed by atoms with E-state index in [0.29, 0.717) is 0 Å². The van der Waals surface area contributed by atoms with Gasteiger partial charge in [0.1, 0.15) is 0 Å². The van der Waals surface area contributed by atoms with Gasteiger partial charge in [-0.1, -0.05) is 127 Å². The standard InChI is InChI=1S/C34H39N/c1-5-6-7-8-9-14-22-34(4)31-24-26(32-27-16-11-10-15-25(27)21-23-35-32)19-20-29(31)28-17-12-13-18-30(28)33(34,2)3/h10-13,15-21,23-24H,5-9,14,22H2,1-4H3. The maximum absolute atomic E-state index is 4.86. The van der Waals surface area contributed by atoms with E-state index in [9.17, 15) is 0 Å². The zero-order valence-electron chi connectivity index (χ0n) is 21.9. The van der Waals surface area contributed by atoms with Crippen molar-refractivity contribution in [3.8, 4) is 22.4 Å². The monoisotopic (exact) mass is 461 g/mol. The first kappa shape index (κ1) is 23.8. The minimum atomic E-state index is 0.0464. The lowest BCUT2D eigenvalue weighted by Crippen LogP contribution is -2.45. The number of pyridine rings is 1. The van der Waals surface area contributed by atoms with Gasteiger partial charge in [-0.3, -0.25) is 4.98 Å². The van der Waals surface area contributed by atoms with E-state index in [1.54, 1.807) is 0 Å². The highest BCUT2D eigenvalue weighted by Crippen LogP contribution is 2.56. The van der Waals surface area contributed by atoms with Crippen molar-refractivity contribution in [2.24, 2.45) is 0 Å². The van der Waals surface area contributed by atoms with E-state index >= 15 is 0 Å². The molecule has 1 atom stereocenters. The number of hydrogen-bond donors (Lipinski definition) is 0. The molecule has 5 rings (SSSR count). The highest BCUT2D eigenvalue weighted by atomic mass is 14.7. The molecule has 1 heteroatoms. The highest BCUT2D eigenvalue weighted by Gasteiger charge is 2.48. The Hall–Kier alpha value is -2.93. The Morgan fingerprint density at radius 2 is 1.40 bits per heavy atom. The van der Waals surface area contributed by atoms with Crippen LogP contribution in [0.25, 0.3) is 33.2 Å². The maximum Gasteiger partial charge on any atom is 0.0780 e. The van der Waals surface area contributed by atoms with Gasteiger partial charge >= 0.3 is 0 Å². The Kier molecular flexibility index (Phi) is 6.53. The summed E-state index contributed by atoms with van der Waals surface area (Å²) in [7, 11) is 0. The van der Waals surface area contributed by atoms with Crippen molar-refractivity contribution >= 4 is 10.8 Å². The average molecular weight is 462 g/mol. The molecule has 0 amide bonds. The lowest BCUT2D eigenvalue weighted by atomic mass is 9.53. The van der Waals surface area contributed by atoms with Crippen LogP contribution in [0.2, 0.25) is 0 Å². The Balaban J connectivity index is 1.61. The van der Waals surface area contributed by atoms with Gasteiger partial charge in [0.05, 0.1) is 5.69 Å². The van der Waals surface area contributed by atoms with Crippen LogP contribution in [0.1, 0.15) is 83.8 Å². The molecule has 1 heterocycles. The van der Waals surface area contributed by atoms with Gasteiger partial charge in [0, 0.05) is 22.6 Å². The molecule has 1 aliphatic carbocycles. The molecular formula is C34H39N. The molecule has 1 aliphatic rings. The van der Waals surface area contributed by atoms with Crippen LogP contribution in [0.5, 0.6) is 0 Å². The SMILES string of the molecule is CCCCCCCCC1(C)c2cc(-c3nccc4ccccc34)ccc2-c2ccccc2C1(C)C. The minimum absolute atomic E-state index is 0.0464. The molecular weight excluding hydrogens is 422 g/mol. The number of unbranched alkanes of at least 4 members (excludes halogenated alkanes) is 5. The number of hydrogen-bond acceptors (Lipinski definition) is 1. The molecule has 1 unspecified atom stereocenters. The van der Waals surface area contributed by atoms with Crippen LogP contribution in [-0.4, -0.2) is 4.98 Å². The van der Waals surface area contributed by atoms with E-state index in [0.717, 1.165) is 5.69 Å². The first-order valence-corrected chi connectivity index (χ1v) is 13.6. The quantitative estimate of drug-likeness (QED) is 0.238. The van der Waals surface area contributed by atoms with Crippen LogP contribution in [0, 0.1) is 0 Å². The molecule has 0 aliphatic heterocycles. The second kappa shape index (κ2) is 9.61. The molecule has 0 bridgehead atoms. The molecule has 0 fully saturated rings. The summed E-state index contributed by atoms with van der Waals surface area (Å²) in [5.74, 6) is 0. The summed E-state index contributed by atoms with van der Waals surface area (Å²) in [4.78, 5) is 4.86. The lowest BCUT2D eigenvalue weighted by molar-refractivity contribution is 0.245. The zero-order valence-corrected chi connectivity index (χ0v) is 21.9. The van der Waals surface area contributed by atoms with Crippen LogP contribution in [-0.2, 0) is 10.8 Å². The molecule has 1 nitrogen and oxygen atoms in total. The van der Waals surface area contributed by atoms with Gasteiger partial charge in [0.15, 0.2) is 0 Å². The molecule has 35 heavy (non-hydrogen) atoms. The van der Waals surface area contributed by atoms with Gasteiger partial charge in [-0.2, -0.15) is 0 Å². The molecule has 0 saturated heterocycles. The van der Waals surface area contributed by atoms with Gasteiger partial charge in [-0.25, -0.2) is 0 Å². The fourth-order valence-corrected chi connectivity index (χ4v) is 6.34. The van der Waals surface area contributed by atoms with E-state index in [4.69, 9.17) is 4.98 Å². The lowest BCUT2D eigenvalue weighted by Gasteiger charge is -2.51. The number of benzene rings is 3. The van der Waals surface area contributed by atoms with E-state index in [-0.39, 0.29) is 10.8 Å². The van der Waals surface area contributed by atoms with Crippen molar-refractivity contribution < 1.29 is 0 Å². The molecule has 0 N–H and O–H groups in total. The van der Waals surface area contributed by atoms with Crippen LogP contribution >= 0.6 is 0 Å². The Bertz CT molecular complexity index is 1330. The first-order valence-electron chi connectivity index (χ1n) is 13.6. The molecule has 3 aromatic carbocycles. The predicted octanol–water partition coefficient (Wildman–Crippen LogP) is 9.87. The third kappa shape index (κ3) is 4.10. The number of rotatable bonds is 8. The number of fused-ring (bicyclic) bond motifs is 4. The second-order valence-electron chi connectivity index (χ2n) is 11.2. The summed E-state index contributed by atoms with van der Waals surface area (Å²) in [5, 5.41) is 2.47. The smallest absolute Gasteiger partial charge is 0.0780 e. The number of aromatic nitrogens is 1. The zero-order chi connectivity index (χ0) is 24.5. The van der Waals surface area contributed by atoms with Gasteiger partial charge in [-0.15, -0.1) is 0 Å². The first-order chi connectivity index (χ1) is 17.0. The molecule has 0 spiro atoms. The van der Waals surface area contributed by atoms with Crippen molar-refractivity contribution in [3.05, 3.63) is 90.1 Å². The molecule has 4 aromatic rings. The molecule has 0 radical (unpaired) electrons. The summed E-state index contributed by atoms with van der Waals surface area (Å²) < 4.78 is 0. The minimum Gasteiger partial charge on any atom is -0.256 e. The Morgan fingerprint density at radius 1 is 0.686 bits per heavy atom. The van der Waals surface area contributed by atoms with Gasteiger partial charge in [-0.05, 0) is 51.6 Å². The predicted molar refractivity (Wildman–Crippen MR) is 151 cm³/mol. The fourth-order valence-electron chi connectivity index (χ4n) is 6.34. The third-order valence-electron chi connectivity index (χ3n) is 8.86. The van der Waals surface area contributed by atoms with Crippen molar-refractivity contribution in [1.29, 1.82) is 0 Å². The van der Waals surface area contributed by atoms with Crippen molar-refractivity contribution in [1.82, 2.24) is 4.98 Å².